The van der Waals surface area contributed by atoms with Crippen molar-refractivity contribution in [1.29, 1.82) is 0 Å². The van der Waals surface area contributed by atoms with Crippen molar-refractivity contribution in [3.8, 4) is 0 Å². The predicted octanol–water partition coefficient (Wildman–Crippen LogP) is 4.16. The number of aryl methyl sites for hydroxylation is 1. The van der Waals surface area contributed by atoms with Crippen LogP contribution in [0.5, 0.6) is 0 Å². The van der Waals surface area contributed by atoms with Gasteiger partial charge in [-0.2, -0.15) is 0 Å². The van der Waals surface area contributed by atoms with E-state index < -0.39 is 0 Å². The van der Waals surface area contributed by atoms with Crippen molar-refractivity contribution in [2.24, 2.45) is 5.41 Å². The molecule has 0 amide bonds. The second-order valence-corrected chi connectivity index (χ2v) is 8.88. The summed E-state index contributed by atoms with van der Waals surface area (Å²) in [5, 5.41) is 0. The van der Waals surface area contributed by atoms with E-state index in [0.29, 0.717) is 0 Å². The van der Waals surface area contributed by atoms with E-state index in [4.69, 9.17) is 4.74 Å². The average Bonchev–Trinajstić information content (AvgIpc) is 2.98. The van der Waals surface area contributed by atoms with Crippen LogP contribution in [0.15, 0.2) is 24.3 Å². The molecule has 0 aromatic heterocycles. The fourth-order valence-corrected chi connectivity index (χ4v) is 5.16. The molecule has 2 aliphatic heterocycles. The number of nitrogens with zero attached hydrogens (tertiary/aromatic N) is 2. The number of esters is 1. The summed E-state index contributed by atoms with van der Waals surface area (Å²) in [5.74, 6) is 0.110. The lowest BCUT2D eigenvalue weighted by atomic mass is 9.72. The zero-order valence-corrected chi connectivity index (χ0v) is 16.8. The molecule has 27 heavy (non-hydrogen) atoms. The highest BCUT2D eigenvalue weighted by atomic mass is 16.6. The molecule has 1 saturated carbocycles. The topological polar surface area (TPSA) is 32.8 Å². The minimum atomic E-state index is -0.109. The Bertz CT molecular complexity index is 628. The van der Waals surface area contributed by atoms with Crippen LogP contribution in [0.1, 0.15) is 56.9 Å². The van der Waals surface area contributed by atoms with Gasteiger partial charge in [-0.3, -0.25) is 9.69 Å². The highest BCUT2D eigenvalue weighted by Crippen LogP contribution is 2.46. The van der Waals surface area contributed by atoms with E-state index >= 15 is 0 Å². The number of hydrogen-bond acceptors (Lipinski definition) is 4. The van der Waals surface area contributed by atoms with E-state index in [2.05, 4.69) is 41.0 Å². The second kappa shape index (κ2) is 8.22. The Kier molecular flexibility index (Phi) is 5.72. The summed E-state index contributed by atoms with van der Waals surface area (Å²) in [6.45, 7) is 7.72. The molecule has 0 radical (unpaired) electrons. The Labute approximate surface area is 163 Å². The molecule has 0 unspecified atom stereocenters. The number of rotatable bonds is 5. The molecule has 0 N–H and O–H groups in total. The molecule has 4 rings (SSSR count). The van der Waals surface area contributed by atoms with Crippen LogP contribution in [-0.4, -0.2) is 49.7 Å². The van der Waals surface area contributed by atoms with Crippen molar-refractivity contribution in [1.82, 2.24) is 4.90 Å². The van der Waals surface area contributed by atoms with E-state index in [0.717, 1.165) is 64.8 Å². The van der Waals surface area contributed by atoms with Crippen LogP contribution in [0, 0.1) is 12.3 Å². The second-order valence-electron chi connectivity index (χ2n) is 8.88. The SMILES string of the molecule is Cc1ccc(N2CCN(CCC[C@H]3CC4(CCCCC4)C(=O)O3)CC2)cc1. The third-order valence-corrected chi connectivity index (χ3v) is 6.91. The Hall–Kier alpha value is -1.55. The minimum absolute atomic E-state index is 0.109. The van der Waals surface area contributed by atoms with Gasteiger partial charge in [-0.05, 0) is 51.3 Å². The quantitative estimate of drug-likeness (QED) is 0.729. The van der Waals surface area contributed by atoms with Gasteiger partial charge in [-0.15, -0.1) is 0 Å². The molecule has 1 aromatic carbocycles. The third kappa shape index (κ3) is 4.31. The molecule has 0 bridgehead atoms. The van der Waals surface area contributed by atoms with Crippen molar-refractivity contribution >= 4 is 11.7 Å². The van der Waals surface area contributed by atoms with Gasteiger partial charge in [-0.25, -0.2) is 0 Å². The molecule has 3 aliphatic rings. The third-order valence-electron chi connectivity index (χ3n) is 6.91. The van der Waals surface area contributed by atoms with E-state index in [1.807, 2.05) is 0 Å². The lowest BCUT2D eigenvalue weighted by Crippen LogP contribution is -2.46. The number of piperazine rings is 1. The number of anilines is 1. The summed E-state index contributed by atoms with van der Waals surface area (Å²) in [6, 6.07) is 8.87. The van der Waals surface area contributed by atoms with Crippen LogP contribution in [0.25, 0.3) is 0 Å². The lowest BCUT2D eigenvalue weighted by Gasteiger charge is -2.36. The van der Waals surface area contributed by atoms with Crippen molar-refractivity contribution in [2.75, 3.05) is 37.6 Å². The van der Waals surface area contributed by atoms with Crippen molar-refractivity contribution in [3.63, 3.8) is 0 Å². The number of ether oxygens (including phenoxy) is 1. The normalized spacial score (nSPS) is 25.7. The highest BCUT2D eigenvalue weighted by Gasteiger charge is 2.48. The largest absolute Gasteiger partial charge is 0.462 e. The molecule has 1 aliphatic carbocycles. The summed E-state index contributed by atoms with van der Waals surface area (Å²) < 4.78 is 5.76. The van der Waals surface area contributed by atoms with E-state index in [9.17, 15) is 4.79 Å². The molecular formula is C23H34N2O2. The number of hydrogen-bond donors (Lipinski definition) is 0. The minimum Gasteiger partial charge on any atom is -0.462 e. The van der Waals surface area contributed by atoms with Gasteiger partial charge in [-0.1, -0.05) is 37.0 Å². The van der Waals surface area contributed by atoms with Gasteiger partial charge < -0.3 is 9.64 Å². The summed E-state index contributed by atoms with van der Waals surface area (Å²) in [7, 11) is 0. The first-order valence-corrected chi connectivity index (χ1v) is 10.9. The zero-order chi connectivity index (χ0) is 18.7. The van der Waals surface area contributed by atoms with Crippen LogP contribution >= 0.6 is 0 Å². The number of cyclic esters (lactones) is 1. The molecule has 1 atom stereocenters. The summed E-state index contributed by atoms with van der Waals surface area (Å²) in [6.07, 6.45) is 9.13. The summed E-state index contributed by atoms with van der Waals surface area (Å²) >= 11 is 0. The van der Waals surface area contributed by atoms with Crippen molar-refractivity contribution in [3.05, 3.63) is 29.8 Å². The first-order chi connectivity index (χ1) is 13.1. The van der Waals surface area contributed by atoms with Gasteiger partial charge in [0.1, 0.15) is 6.10 Å². The summed E-state index contributed by atoms with van der Waals surface area (Å²) in [4.78, 5) is 17.4. The van der Waals surface area contributed by atoms with Crippen molar-refractivity contribution in [2.45, 2.75) is 64.4 Å². The molecule has 148 valence electrons. The smallest absolute Gasteiger partial charge is 0.312 e. The van der Waals surface area contributed by atoms with Crippen LogP contribution in [-0.2, 0) is 9.53 Å². The van der Waals surface area contributed by atoms with Gasteiger partial charge in [0.05, 0.1) is 5.41 Å². The monoisotopic (exact) mass is 370 g/mol. The molecular weight excluding hydrogens is 336 g/mol. The number of carbonyl (C=O) groups is 1. The van der Waals surface area contributed by atoms with Crippen LogP contribution in [0.2, 0.25) is 0 Å². The molecule has 1 spiro atoms. The first-order valence-electron chi connectivity index (χ1n) is 10.9. The Balaban J connectivity index is 1.18. The van der Waals surface area contributed by atoms with E-state index in [-0.39, 0.29) is 17.5 Å². The van der Waals surface area contributed by atoms with Crippen LogP contribution in [0.4, 0.5) is 5.69 Å². The molecule has 4 heteroatoms. The van der Waals surface area contributed by atoms with E-state index in [1.165, 1.54) is 30.5 Å². The van der Waals surface area contributed by atoms with Gasteiger partial charge in [0.25, 0.3) is 0 Å². The first kappa shape index (κ1) is 18.8. The lowest BCUT2D eigenvalue weighted by molar-refractivity contribution is -0.150. The maximum Gasteiger partial charge on any atom is 0.312 e. The Morgan fingerprint density at radius 1 is 1.04 bits per heavy atom. The average molecular weight is 371 g/mol. The fraction of sp³-hybridized carbons (Fsp3) is 0.696. The Morgan fingerprint density at radius 2 is 1.74 bits per heavy atom. The molecule has 2 saturated heterocycles. The molecule has 4 nitrogen and oxygen atoms in total. The molecule has 3 fully saturated rings. The van der Waals surface area contributed by atoms with Gasteiger partial charge in [0.15, 0.2) is 0 Å². The van der Waals surface area contributed by atoms with Gasteiger partial charge in [0, 0.05) is 38.3 Å². The van der Waals surface area contributed by atoms with Crippen LogP contribution in [0.3, 0.4) is 0 Å². The maximum atomic E-state index is 12.4. The fourth-order valence-electron chi connectivity index (χ4n) is 5.16. The predicted molar refractivity (Wildman–Crippen MR) is 109 cm³/mol. The highest BCUT2D eigenvalue weighted by molar-refractivity contribution is 5.79. The van der Waals surface area contributed by atoms with Crippen LogP contribution < -0.4 is 4.90 Å². The number of benzene rings is 1. The molecule has 2 heterocycles. The standard InChI is InChI=1S/C23H34N2O2/c1-19-7-9-20(10-8-19)25-16-14-24(15-17-25)13-5-6-21-18-23(22(26)27-21)11-3-2-4-12-23/h7-10,21H,2-6,11-18H2,1H3/t21-/m0/s1. The zero-order valence-electron chi connectivity index (χ0n) is 16.8. The molecule has 1 aromatic rings. The number of carbonyl (C=O) groups excluding carboxylic acids is 1. The van der Waals surface area contributed by atoms with E-state index in [1.54, 1.807) is 0 Å². The van der Waals surface area contributed by atoms with Gasteiger partial charge in [0.2, 0.25) is 0 Å². The van der Waals surface area contributed by atoms with Crippen molar-refractivity contribution < 1.29 is 9.53 Å². The van der Waals surface area contributed by atoms with Gasteiger partial charge >= 0.3 is 5.97 Å². The summed E-state index contributed by atoms with van der Waals surface area (Å²) in [5.41, 5.74) is 2.55. The Morgan fingerprint density at radius 3 is 2.44 bits per heavy atom. The maximum absolute atomic E-state index is 12.4.